The van der Waals surface area contributed by atoms with Gasteiger partial charge in [0.25, 0.3) is 0 Å². The van der Waals surface area contributed by atoms with Gasteiger partial charge in [0, 0.05) is 25.7 Å². The van der Waals surface area contributed by atoms with Crippen LogP contribution in [0.5, 0.6) is 0 Å². The summed E-state index contributed by atoms with van der Waals surface area (Å²) in [4.78, 5) is 25.4. The Hall–Kier alpha value is -1.84. The Morgan fingerprint density at radius 1 is 1.29 bits per heavy atom. The van der Waals surface area contributed by atoms with Gasteiger partial charge in [-0.3, -0.25) is 9.59 Å². The van der Waals surface area contributed by atoms with E-state index in [1.165, 1.54) is 0 Å². The van der Waals surface area contributed by atoms with E-state index in [-0.39, 0.29) is 11.8 Å². The predicted molar refractivity (Wildman–Crippen MR) is 63.6 cm³/mol. The standard InChI is InChI=1S/C13H14N2O2/c1-15-8-13(7-6-11(15)16)9-4-2-3-5-10(9)14-12(13)17/h2-5H,6-8H2,1H3,(H,14,17). The average Bonchev–Trinajstić information content (AvgIpc) is 2.58. The molecule has 2 amide bonds. The third kappa shape index (κ3) is 1.30. The van der Waals surface area contributed by atoms with E-state index in [4.69, 9.17) is 0 Å². The molecule has 1 fully saturated rings. The molecule has 0 bridgehead atoms. The van der Waals surface area contributed by atoms with E-state index in [1.807, 2.05) is 24.3 Å². The first kappa shape index (κ1) is 10.3. The van der Waals surface area contributed by atoms with Gasteiger partial charge in [-0.15, -0.1) is 0 Å². The van der Waals surface area contributed by atoms with E-state index in [0.29, 0.717) is 19.4 Å². The van der Waals surface area contributed by atoms with Crippen LogP contribution >= 0.6 is 0 Å². The molecule has 1 atom stereocenters. The first-order valence-electron chi connectivity index (χ1n) is 5.78. The highest BCUT2D eigenvalue weighted by atomic mass is 16.2. The first-order chi connectivity index (χ1) is 8.13. The van der Waals surface area contributed by atoms with Gasteiger partial charge in [0.05, 0.1) is 5.41 Å². The van der Waals surface area contributed by atoms with Crippen molar-refractivity contribution >= 4 is 17.5 Å². The Kier molecular flexibility index (Phi) is 2.02. The number of benzene rings is 1. The van der Waals surface area contributed by atoms with Gasteiger partial charge in [-0.1, -0.05) is 18.2 Å². The summed E-state index contributed by atoms with van der Waals surface area (Å²) >= 11 is 0. The molecule has 3 rings (SSSR count). The van der Waals surface area contributed by atoms with Crippen molar-refractivity contribution in [3.8, 4) is 0 Å². The number of likely N-dealkylation sites (N-methyl/N-ethyl adjacent to an activating group) is 1. The van der Waals surface area contributed by atoms with Gasteiger partial charge < -0.3 is 10.2 Å². The molecule has 0 aromatic heterocycles. The number of carbonyl (C=O) groups is 2. The Morgan fingerprint density at radius 2 is 2.06 bits per heavy atom. The van der Waals surface area contributed by atoms with Crippen molar-refractivity contribution in [2.24, 2.45) is 0 Å². The van der Waals surface area contributed by atoms with E-state index in [0.717, 1.165) is 11.3 Å². The number of nitrogens with zero attached hydrogens (tertiary/aromatic N) is 1. The zero-order valence-electron chi connectivity index (χ0n) is 9.69. The van der Waals surface area contributed by atoms with Crippen LogP contribution in [0.2, 0.25) is 0 Å². The van der Waals surface area contributed by atoms with Gasteiger partial charge in [0.2, 0.25) is 11.8 Å². The summed E-state index contributed by atoms with van der Waals surface area (Å²) in [6, 6.07) is 7.75. The van der Waals surface area contributed by atoms with Crippen LogP contribution < -0.4 is 5.32 Å². The van der Waals surface area contributed by atoms with E-state index >= 15 is 0 Å². The fraction of sp³-hybridized carbons (Fsp3) is 0.385. The number of anilines is 1. The second-order valence-corrected chi connectivity index (χ2v) is 4.83. The molecule has 2 aliphatic rings. The van der Waals surface area contributed by atoms with Crippen LogP contribution in [0.25, 0.3) is 0 Å². The molecule has 1 spiro atoms. The van der Waals surface area contributed by atoms with Crippen molar-refractivity contribution in [1.82, 2.24) is 4.90 Å². The summed E-state index contributed by atoms with van der Waals surface area (Å²) in [6.07, 6.45) is 1.05. The first-order valence-corrected chi connectivity index (χ1v) is 5.78. The number of para-hydroxylation sites is 1. The highest BCUT2D eigenvalue weighted by Crippen LogP contribution is 2.43. The van der Waals surface area contributed by atoms with Crippen molar-refractivity contribution in [2.75, 3.05) is 18.9 Å². The van der Waals surface area contributed by atoms with E-state index in [9.17, 15) is 9.59 Å². The van der Waals surface area contributed by atoms with Gasteiger partial charge in [-0.05, 0) is 18.1 Å². The number of hydrogen-bond donors (Lipinski definition) is 1. The predicted octanol–water partition coefficient (Wildman–Crippen LogP) is 1.13. The minimum atomic E-state index is -0.529. The average molecular weight is 230 g/mol. The summed E-state index contributed by atoms with van der Waals surface area (Å²) < 4.78 is 0. The van der Waals surface area contributed by atoms with Crippen molar-refractivity contribution in [3.05, 3.63) is 29.8 Å². The summed E-state index contributed by atoms with van der Waals surface area (Å²) in [6.45, 7) is 0.481. The fourth-order valence-corrected chi connectivity index (χ4v) is 2.86. The third-order valence-corrected chi connectivity index (χ3v) is 3.82. The molecule has 1 N–H and O–H groups in total. The van der Waals surface area contributed by atoms with E-state index in [2.05, 4.69) is 5.32 Å². The number of likely N-dealkylation sites (tertiary alicyclic amines) is 1. The van der Waals surface area contributed by atoms with Gasteiger partial charge in [-0.2, -0.15) is 0 Å². The number of hydrogen-bond acceptors (Lipinski definition) is 2. The summed E-state index contributed by atoms with van der Waals surface area (Å²) in [5, 5.41) is 2.92. The topological polar surface area (TPSA) is 49.4 Å². The lowest BCUT2D eigenvalue weighted by Gasteiger charge is -2.36. The molecule has 2 aliphatic heterocycles. The Bertz CT molecular complexity index is 512. The lowest BCUT2D eigenvalue weighted by atomic mass is 9.75. The molecular weight excluding hydrogens is 216 g/mol. The quantitative estimate of drug-likeness (QED) is 0.726. The van der Waals surface area contributed by atoms with E-state index in [1.54, 1.807) is 11.9 Å². The largest absolute Gasteiger partial charge is 0.344 e. The molecule has 1 saturated heterocycles. The SMILES string of the molecule is CN1CC2(CCC1=O)C(=O)Nc1ccccc12. The number of carbonyl (C=O) groups excluding carboxylic acids is 2. The minimum absolute atomic E-state index is 0.0260. The molecule has 1 aromatic carbocycles. The van der Waals surface area contributed by atoms with Crippen LogP contribution in [-0.4, -0.2) is 30.3 Å². The van der Waals surface area contributed by atoms with Crippen LogP contribution in [-0.2, 0) is 15.0 Å². The van der Waals surface area contributed by atoms with Crippen molar-refractivity contribution in [3.63, 3.8) is 0 Å². The Morgan fingerprint density at radius 3 is 2.82 bits per heavy atom. The molecule has 1 aromatic rings. The van der Waals surface area contributed by atoms with Crippen LogP contribution in [0.1, 0.15) is 18.4 Å². The lowest BCUT2D eigenvalue weighted by Crippen LogP contribution is -2.50. The van der Waals surface area contributed by atoms with Crippen LogP contribution in [0.4, 0.5) is 5.69 Å². The molecular formula is C13H14N2O2. The minimum Gasteiger partial charge on any atom is -0.344 e. The molecule has 0 radical (unpaired) electrons. The van der Waals surface area contributed by atoms with Crippen molar-refractivity contribution in [2.45, 2.75) is 18.3 Å². The normalized spacial score (nSPS) is 27.2. The maximum atomic E-state index is 12.2. The van der Waals surface area contributed by atoms with Crippen LogP contribution in [0.15, 0.2) is 24.3 Å². The zero-order chi connectivity index (χ0) is 12.0. The van der Waals surface area contributed by atoms with Crippen molar-refractivity contribution in [1.29, 1.82) is 0 Å². The Balaban J connectivity index is 2.08. The molecule has 2 heterocycles. The molecule has 4 nitrogen and oxygen atoms in total. The van der Waals surface area contributed by atoms with Crippen LogP contribution in [0, 0.1) is 0 Å². The molecule has 4 heteroatoms. The molecule has 88 valence electrons. The van der Waals surface area contributed by atoms with Gasteiger partial charge in [0.1, 0.15) is 0 Å². The van der Waals surface area contributed by atoms with Gasteiger partial charge >= 0.3 is 0 Å². The third-order valence-electron chi connectivity index (χ3n) is 3.82. The van der Waals surface area contributed by atoms with Crippen LogP contribution in [0.3, 0.4) is 0 Å². The molecule has 17 heavy (non-hydrogen) atoms. The summed E-state index contributed by atoms with van der Waals surface area (Å²) in [7, 11) is 1.76. The number of rotatable bonds is 0. The maximum absolute atomic E-state index is 12.2. The number of fused-ring (bicyclic) bond motifs is 2. The second-order valence-electron chi connectivity index (χ2n) is 4.83. The molecule has 1 unspecified atom stereocenters. The van der Waals surface area contributed by atoms with E-state index < -0.39 is 5.41 Å². The monoisotopic (exact) mass is 230 g/mol. The smallest absolute Gasteiger partial charge is 0.236 e. The zero-order valence-corrected chi connectivity index (χ0v) is 9.69. The van der Waals surface area contributed by atoms with Gasteiger partial charge in [0.15, 0.2) is 0 Å². The molecule has 0 saturated carbocycles. The van der Waals surface area contributed by atoms with Gasteiger partial charge in [-0.25, -0.2) is 0 Å². The molecule has 0 aliphatic carbocycles. The second kappa shape index (κ2) is 3.32. The lowest BCUT2D eigenvalue weighted by molar-refractivity contribution is -0.136. The summed E-state index contributed by atoms with van der Waals surface area (Å²) in [5.74, 6) is 0.144. The number of piperidine rings is 1. The fourth-order valence-electron chi connectivity index (χ4n) is 2.86. The number of amides is 2. The number of nitrogens with one attached hydrogen (secondary N) is 1. The highest BCUT2D eigenvalue weighted by Gasteiger charge is 2.49. The summed E-state index contributed by atoms with van der Waals surface area (Å²) in [5.41, 5.74) is 1.39. The van der Waals surface area contributed by atoms with Crippen molar-refractivity contribution < 1.29 is 9.59 Å². The maximum Gasteiger partial charge on any atom is 0.236 e. The Labute approximate surface area is 99.6 Å². The highest BCUT2D eigenvalue weighted by molar-refractivity contribution is 6.07.